The van der Waals surface area contributed by atoms with Crippen LogP contribution in [0.3, 0.4) is 0 Å². The van der Waals surface area contributed by atoms with Crippen molar-refractivity contribution < 1.29 is 28.2 Å². The number of anilines is 1. The summed E-state index contributed by atoms with van der Waals surface area (Å²) in [7, 11) is 3.08. The third kappa shape index (κ3) is 3.20. The van der Waals surface area contributed by atoms with Crippen molar-refractivity contribution in [1.82, 2.24) is 0 Å². The van der Waals surface area contributed by atoms with Crippen molar-refractivity contribution in [1.29, 1.82) is 0 Å². The molecule has 32 heavy (non-hydrogen) atoms. The Balaban J connectivity index is 1.50. The summed E-state index contributed by atoms with van der Waals surface area (Å²) in [5.41, 5.74) is 1.80. The Kier molecular flexibility index (Phi) is 4.84. The summed E-state index contributed by atoms with van der Waals surface area (Å²) in [6, 6.07) is 8.67. The Morgan fingerprint density at radius 2 is 1.81 bits per heavy atom. The number of hydrogen-bond acceptors (Lipinski definition) is 6. The van der Waals surface area contributed by atoms with Gasteiger partial charge in [-0.15, -0.1) is 0 Å². The topological polar surface area (TPSA) is 87.0 Å². The smallest absolute Gasteiger partial charge is 0.291 e. The highest BCUT2D eigenvalue weighted by molar-refractivity contribution is 6.14. The molecular weight excluding hydrogens is 410 g/mol. The number of nitrogens with one attached hydrogen (secondary N) is 1. The molecule has 7 heteroatoms. The molecule has 1 aliphatic carbocycles. The fourth-order valence-corrected chi connectivity index (χ4v) is 4.95. The van der Waals surface area contributed by atoms with Crippen molar-refractivity contribution >= 4 is 28.3 Å². The summed E-state index contributed by atoms with van der Waals surface area (Å²) in [5.74, 6) is 1.47. The highest BCUT2D eigenvalue weighted by atomic mass is 16.5. The van der Waals surface area contributed by atoms with Gasteiger partial charge < -0.3 is 23.9 Å². The summed E-state index contributed by atoms with van der Waals surface area (Å²) >= 11 is 0. The molecule has 3 aromatic rings. The van der Waals surface area contributed by atoms with E-state index in [1.165, 1.54) is 7.11 Å². The number of Topliss-reactive ketones (excluding diaryl/α,β-unsaturated/α-hetero) is 1. The van der Waals surface area contributed by atoms with Crippen LogP contribution >= 0.6 is 0 Å². The lowest BCUT2D eigenvalue weighted by molar-refractivity contribution is 0.0454. The van der Waals surface area contributed by atoms with Crippen molar-refractivity contribution in [3.63, 3.8) is 0 Å². The number of hydrogen-bond donors (Lipinski definition) is 1. The number of furan rings is 1. The summed E-state index contributed by atoms with van der Waals surface area (Å²) in [6.07, 6.45) is 4.34. The Bertz CT molecular complexity index is 1230. The number of methoxy groups -OCH3 is 2. The van der Waals surface area contributed by atoms with Crippen LogP contribution in [0.4, 0.5) is 5.69 Å². The molecule has 0 saturated heterocycles. The number of amides is 1. The van der Waals surface area contributed by atoms with E-state index in [0.717, 1.165) is 25.7 Å². The van der Waals surface area contributed by atoms with Crippen LogP contribution in [0.15, 0.2) is 34.7 Å². The zero-order chi connectivity index (χ0) is 22.5. The third-order valence-corrected chi connectivity index (χ3v) is 6.51. The predicted octanol–water partition coefficient (Wildman–Crippen LogP) is 5.29. The number of carbonyl (C=O) groups excluding carboxylic acids is 2. The second-order valence-electron chi connectivity index (χ2n) is 8.48. The van der Waals surface area contributed by atoms with Gasteiger partial charge in [0, 0.05) is 22.7 Å². The molecule has 0 bridgehead atoms. The van der Waals surface area contributed by atoms with Crippen molar-refractivity contribution in [2.24, 2.45) is 0 Å². The van der Waals surface area contributed by atoms with Gasteiger partial charge in [-0.25, -0.2) is 0 Å². The van der Waals surface area contributed by atoms with Gasteiger partial charge in [-0.1, -0.05) is 0 Å². The van der Waals surface area contributed by atoms with Crippen molar-refractivity contribution in [2.75, 3.05) is 19.5 Å². The van der Waals surface area contributed by atoms with Gasteiger partial charge in [0.1, 0.15) is 16.9 Å². The lowest BCUT2D eigenvalue weighted by Crippen LogP contribution is -2.39. The zero-order valence-electron chi connectivity index (χ0n) is 18.4. The van der Waals surface area contributed by atoms with E-state index in [4.69, 9.17) is 18.6 Å². The van der Waals surface area contributed by atoms with Crippen LogP contribution in [0.2, 0.25) is 0 Å². The minimum absolute atomic E-state index is 0.0505. The number of rotatable bonds is 4. The van der Waals surface area contributed by atoms with Gasteiger partial charge in [0.25, 0.3) is 5.91 Å². The number of fused-ring (bicyclic) bond motifs is 3. The minimum atomic E-state index is -0.406. The quantitative estimate of drug-likeness (QED) is 0.599. The molecule has 2 heterocycles. The van der Waals surface area contributed by atoms with Crippen molar-refractivity contribution in [3.8, 4) is 17.2 Å². The molecule has 1 saturated carbocycles. The molecule has 1 fully saturated rings. The maximum Gasteiger partial charge on any atom is 0.291 e. The Hall–Kier alpha value is -3.48. The van der Waals surface area contributed by atoms with Gasteiger partial charge in [-0.3, -0.25) is 9.59 Å². The fraction of sp³-hybridized carbons (Fsp3) is 0.360. The summed E-state index contributed by atoms with van der Waals surface area (Å²) in [5, 5.41) is 3.48. The van der Waals surface area contributed by atoms with Crippen LogP contribution < -0.4 is 19.5 Å². The first-order valence-corrected chi connectivity index (χ1v) is 10.8. The Morgan fingerprint density at radius 1 is 1.06 bits per heavy atom. The first-order chi connectivity index (χ1) is 15.4. The molecule has 1 aliphatic heterocycles. The fourth-order valence-electron chi connectivity index (χ4n) is 4.95. The SMILES string of the molecule is COc1ccc(NC(=O)c2oc3ccc4c(c3c2C)C(=O)CC2(CCCC2)O4)cc1OC. The molecule has 0 atom stereocenters. The van der Waals surface area contributed by atoms with Gasteiger partial charge in [0.05, 0.1) is 26.2 Å². The highest BCUT2D eigenvalue weighted by Gasteiger charge is 2.43. The van der Waals surface area contributed by atoms with Crippen LogP contribution in [0, 0.1) is 6.92 Å². The van der Waals surface area contributed by atoms with E-state index >= 15 is 0 Å². The number of aryl methyl sites for hydroxylation is 1. The van der Waals surface area contributed by atoms with Crippen LogP contribution in [-0.2, 0) is 0 Å². The molecule has 1 aromatic heterocycles. The lowest BCUT2D eigenvalue weighted by Gasteiger charge is -2.34. The van der Waals surface area contributed by atoms with E-state index in [0.29, 0.717) is 51.5 Å². The number of benzene rings is 2. The normalized spacial score (nSPS) is 16.7. The predicted molar refractivity (Wildman–Crippen MR) is 119 cm³/mol. The van der Waals surface area contributed by atoms with E-state index < -0.39 is 5.91 Å². The molecule has 2 aliphatic rings. The van der Waals surface area contributed by atoms with E-state index in [1.807, 2.05) is 0 Å². The summed E-state index contributed by atoms with van der Waals surface area (Å²) < 4.78 is 22.8. The molecular formula is C25H25NO6. The molecule has 1 amide bonds. The number of ether oxygens (including phenoxy) is 3. The molecule has 2 aromatic carbocycles. The molecule has 0 radical (unpaired) electrons. The van der Waals surface area contributed by atoms with Gasteiger partial charge >= 0.3 is 0 Å². The van der Waals surface area contributed by atoms with E-state index in [-0.39, 0.29) is 17.1 Å². The van der Waals surface area contributed by atoms with Gasteiger partial charge in [-0.05, 0) is 56.9 Å². The average Bonchev–Trinajstić information content (AvgIpc) is 3.37. The Labute approximate surface area is 185 Å². The maximum absolute atomic E-state index is 13.2. The first-order valence-electron chi connectivity index (χ1n) is 10.8. The van der Waals surface area contributed by atoms with Gasteiger partial charge in [0.15, 0.2) is 23.0 Å². The second kappa shape index (κ2) is 7.58. The van der Waals surface area contributed by atoms with Crippen LogP contribution in [0.25, 0.3) is 11.0 Å². The van der Waals surface area contributed by atoms with E-state index in [9.17, 15) is 9.59 Å². The summed E-state index contributed by atoms with van der Waals surface area (Å²) in [4.78, 5) is 26.2. The number of ketones is 1. The molecule has 5 rings (SSSR count). The minimum Gasteiger partial charge on any atom is -0.493 e. The third-order valence-electron chi connectivity index (χ3n) is 6.51. The second-order valence-corrected chi connectivity index (χ2v) is 8.48. The van der Waals surface area contributed by atoms with Crippen LogP contribution in [0.5, 0.6) is 17.2 Å². The van der Waals surface area contributed by atoms with Crippen LogP contribution in [0.1, 0.15) is 58.6 Å². The Morgan fingerprint density at radius 3 is 2.53 bits per heavy atom. The van der Waals surface area contributed by atoms with Crippen LogP contribution in [-0.4, -0.2) is 31.5 Å². The molecule has 1 spiro atoms. The number of carbonyl (C=O) groups is 2. The standard InChI is InChI=1S/C25H25NO6/c1-14-21-18(8-9-19-22(21)16(27)13-25(32-19)10-4-5-11-25)31-23(14)24(28)26-15-6-7-17(29-2)20(12-15)30-3/h6-9,12H,4-5,10-11,13H2,1-3H3,(H,26,28). The largest absolute Gasteiger partial charge is 0.493 e. The maximum atomic E-state index is 13.2. The van der Waals surface area contributed by atoms with E-state index in [2.05, 4.69) is 5.32 Å². The van der Waals surface area contributed by atoms with E-state index in [1.54, 1.807) is 44.4 Å². The van der Waals surface area contributed by atoms with Crippen molar-refractivity contribution in [3.05, 3.63) is 47.2 Å². The first kappa shape index (κ1) is 20.4. The van der Waals surface area contributed by atoms with Gasteiger partial charge in [-0.2, -0.15) is 0 Å². The average molecular weight is 435 g/mol. The van der Waals surface area contributed by atoms with Crippen molar-refractivity contribution in [2.45, 2.75) is 44.6 Å². The molecule has 0 unspecified atom stereocenters. The monoisotopic (exact) mass is 435 g/mol. The molecule has 1 N–H and O–H groups in total. The lowest BCUT2D eigenvalue weighted by atomic mass is 9.87. The zero-order valence-corrected chi connectivity index (χ0v) is 18.4. The summed E-state index contributed by atoms with van der Waals surface area (Å²) in [6.45, 7) is 1.79. The molecule has 7 nitrogen and oxygen atoms in total. The molecule has 166 valence electrons. The van der Waals surface area contributed by atoms with Gasteiger partial charge in [0.2, 0.25) is 0 Å². The highest BCUT2D eigenvalue weighted by Crippen LogP contribution is 2.46.